The molecule has 0 radical (unpaired) electrons. The van der Waals surface area contributed by atoms with E-state index in [4.69, 9.17) is 32.7 Å². The van der Waals surface area contributed by atoms with Crippen LogP contribution in [0.15, 0.2) is 24.3 Å². The Morgan fingerprint density at radius 3 is 2.59 bits per heavy atom. The van der Waals surface area contributed by atoms with Crippen molar-refractivity contribution in [3.63, 3.8) is 0 Å². The summed E-state index contributed by atoms with van der Waals surface area (Å²) in [5, 5.41) is 5.65. The molecule has 27 heavy (non-hydrogen) atoms. The Hall–Kier alpha value is -1.27. The van der Waals surface area contributed by atoms with Gasteiger partial charge in [-0.2, -0.15) is 0 Å². The molecule has 2 aromatic rings. The van der Waals surface area contributed by atoms with Crippen molar-refractivity contribution in [1.29, 1.82) is 0 Å². The summed E-state index contributed by atoms with van der Waals surface area (Å²) in [5.74, 6) is 2.00. The summed E-state index contributed by atoms with van der Waals surface area (Å²) < 4.78 is 13.3. The summed E-state index contributed by atoms with van der Waals surface area (Å²) in [6.45, 7) is 7.72. The first-order valence-corrected chi connectivity index (χ1v) is 10.3. The van der Waals surface area contributed by atoms with Crippen molar-refractivity contribution in [2.75, 3.05) is 39.5 Å². The van der Waals surface area contributed by atoms with Crippen LogP contribution in [0.3, 0.4) is 0 Å². The van der Waals surface area contributed by atoms with Gasteiger partial charge in [-0.25, -0.2) is 4.68 Å². The van der Waals surface area contributed by atoms with Crippen LogP contribution < -0.4 is 4.74 Å². The van der Waals surface area contributed by atoms with Crippen LogP contribution in [0.5, 0.6) is 5.88 Å². The van der Waals surface area contributed by atoms with Crippen LogP contribution >= 0.6 is 23.2 Å². The number of aromatic nitrogens is 2. The van der Waals surface area contributed by atoms with Gasteiger partial charge in [-0.15, -0.1) is 5.10 Å². The molecule has 1 aliphatic carbocycles. The Bertz CT molecular complexity index is 790. The summed E-state index contributed by atoms with van der Waals surface area (Å²) in [7, 11) is 0. The largest absolute Gasteiger partial charge is 0.476 e. The first-order valence-electron chi connectivity index (χ1n) is 9.55. The van der Waals surface area contributed by atoms with Crippen molar-refractivity contribution in [1.82, 2.24) is 14.7 Å². The molecular weight excluding hydrogens is 385 g/mol. The number of morpholine rings is 1. The van der Waals surface area contributed by atoms with Gasteiger partial charge >= 0.3 is 0 Å². The van der Waals surface area contributed by atoms with E-state index >= 15 is 0 Å². The first kappa shape index (κ1) is 19.1. The number of halogens is 2. The Balaban J connectivity index is 1.34. The quantitative estimate of drug-likeness (QED) is 0.715. The minimum atomic E-state index is 0.520. The molecule has 146 valence electrons. The maximum absolute atomic E-state index is 6.13. The van der Waals surface area contributed by atoms with Crippen LogP contribution in [0, 0.1) is 18.8 Å². The highest BCUT2D eigenvalue weighted by atomic mass is 35.5. The summed E-state index contributed by atoms with van der Waals surface area (Å²) in [4.78, 5) is 2.52. The predicted octanol–water partition coefficient (Wildman–Crippen LogP) is 4.22. The maximum Gasteiger partial charge on any atom is 0.233 e. The van der Waals surface area contributed by atoms with E-state index in [0.29, 0.717) is 21.8 Å². The smallest absolute Gasteiger partial charge is 0.233 e. The monoisotopic (exact) mass is 409 g/mol. The minimum Gasteiger partial charge on any atom is -0.476 e. The van der Waals surface area contributed by atoms with E-state index in [-0.39, 0.29) is 0 Å². The third kappa shape index (κ3) is 4.43. The zero-order valence-electron chi connectivity index (χ0n) is 15.5. The summed E-state index contributed by atoms with van der Waals surface area (Å²) in [6.07, 6.45) is 2.53. The minimum absolute atomic E-state index is 0.520. The zero-order valence-corrected chi connectivity index (χ0v) is 17.0. The Kier molecular flexibility index (Phi) is 5.93. The SMILES string of the molecule is Cc1cc(OCC2CCC2CN2CCOCC2)nn1-c1ccc(Cl)c(Cl)c1. The molecule has 2 unspecified atom stereocenters. The third-order valence-corrected chi connectivity index (χ3v) is 6.37. The Morgan fingerprint density at radius 2 is 1.89 bits per heavy atom. The molecule has 7 heteroatoms. The summed E-state index contributed by atoms with van der Waals surface area (Å²) >= 11 is 12.1. The van der Waals surface area contributed by atoms with Gasteiger partial charge < -0.3 is 9.47 Å². The van der Waals surface area contributed by atoms with Gasteiger partial charge in [0.25, 0.3) is 0 Å². The lowest BCUT2D eigenvalue weighted by Crippen LogP contribution is -2.44. The van der Waals surface area contributed by atoms with Crippen LogP contribution in [0.2, 0.25) is 10.0 Å². The van der Waals surface area contributed by atoms with E-state index in [1.165, 1.54) is 12.8 Å². The maximum atomic E-state index is 6.13. The van der Waals surface area contributed by atoms with Gasteiger partial charge in [-0.3, -0.25) is 4.90 Å². The van der Waals surface area contributed by atoms with Crippen molar-refractivity contribution in [3.8, 4) is 11.6 Å². The fourth-order valence-corrected chi connectivity index (χ4v) is 4.09. The van der Waals surface area contributed by atoms with Crippen molar-refractivity contribution in [2.45, 2.75) is 19.8 Å². The van der Waals surface area contributed by atoms with Crippen molar-refractivity contribution < 1.29 is 9.47 Å². The van der Waals surface area contributed by atoms with Crippen LogP contribution in [0.1, 0.15) is 18.5 Å². The van der Waals surface area contributed by atoms with Gasteiger partial charge in [0.05, 0.1) is 35.6 Å². The predicted molar refractivity (Wildman–Crippen MR) is 107 cm³/mol. The molecular formula is C20H25Cl2N3O2. The molecule has 2 atom stereocenters. The second-order valence-corrected chi connectivity index (χ2v) is 8.27. The number of ether oxygens (including phenoxy) is 2. The fraction of sp³-hybridized carbons (Fsp3) is 0.550. The van der Waals surface area contributed by atoms with Crippen LogP contribution in [-0.4, -0.2) is 54.1 Å². The molecule has 2 fully saturated rings. The van der Waals surface area contributed by atoms with Gasteiger partial charge in [-0.1, -0.05) is 23.2 Å². The van der Waals surface area contributed by atoms with Crippen molar-refractivity contribution >= 4 is 23.2 Å². The first-order chi connectivity index (χ1) is 13.1. The van der Waals surface area contributed by atoms with Gasteiger partial charge in [0, 0.05) is 31.4 Å². The number of rotatable bonds is 6. The molecule has 2 aliphatic rings. The van der Waals surface area contributed by atoms with E-state index in [0.717, 1.165) is 56.8 Å². The molecule has 1 saturated heterocycles. The lowest BCUT2D eigenvalue weighted by atomic mass is 9.74. The number of nitrogens with zero attached hydrogens (tertiary/aromatic N) is 3. The summed E-state index contributed by atoms with van der Waals surface area (Å²) in [5.41, 5.74) is 1.88. The Morgan fingerprint density at radius 1 is 1.11 bits per heavy atom. The Labute approximate surface area is 170 Å². The van der Waals surface area contributed by atoms with Crippen molar-refractivity contribution in [3.05, 3.63) is 40.0 Å². The molecule has 5 nitrogen and oxygen atoms in total. The van der Waals surface area contributed by atoms with E-state index in [9.17, 15) is 0 Å². The lowest BCUT2D eigenvalue weighted by molar-refractivity contribution is 0.00447. The van der Waals surface area contributed by atoms with Gasteiger partial charge in [0.2, 0.25) is 5.88 Å². The number of aryl methyl sites for hydroxylation is 1. The van der Waals surface area contributed by atoms with Gasteiger partial charge in [-0.05, 0) is 49.8 Å². The molecule has 0 spiro atoms. The van der Waals surface area contributed by atoms with Gasteiger partial charge in [0.15, 0.2) is 0 Å². The molecule has 1 aliphatic heterocycles. The molecule has 0 amide bonds. The van der Waals surface area contributed by atoms with Crippen LogP contribution in [0.4, 0.5) is 0 Å². The standard InChI is InChI=1S/C20H25Cl2N3O2/c1-14-10-20(23-25(14)17-4-5-18(21)19(22)11-17)27-13-16-3-2-15(16)12-24-6-8-26-9-7-24/h4-5,10-11,15-16H,2-3,6-9,12-13H2,1H3. The van der Waals surface area contributed by atoms with Crippen LogP contribution in [-0.2, 0) is 4.74 Å². The third-order valence-electron chi connectivity index (χ3n) is 5.63. The van der Waals surface area contributed by atoms with Gasteiger partial charge in [0.1, 0.15) is 0 Å². The van der Waals surface area contributed by atoms with Crippen LogP contribution in [0.25, 0.3) is 5.69 Å². The van der Waals surface area contributed by atoms with E-state index in [1.54, 1.807) is 6.07 Å². The average molecular weight is 410 g/mol. The lowest BCUT2D eigenvalue weighted by Gasteiger charge is -2.40. The normalized spacial score (nSPS) is 23.2. The average Bonchev–Trinajstić information content (AvgIpc) is 3.03. The molecule has 4 rings (SSSR count). The molecule has 1 saturated carbocycles. The highest BCUT2D eigenvalue weighted by Gasteiger charge is 2.33. The molecule has 0 N–H and O–H groups in total. The van der Waals surface area contributed by atoms with E-state index in [1.807, 2.05) is 29.8 Å². The highest BCUT2D eigenvalue weighted by molar-refractivity contribution is 6.42. The second-order valence-electron chi connectivity index (χ2n) is 7.46. The number of hydrogen-bond acceptors (Lipinski definition) is 4. The highest BCUT2D eigenvalue weighted by Crippen LogP contribution is 2.35. The molecule has 0 bridgehead atoms. The van der Waals surface area contributed by atoms with E-state index in [2.05, 4.69) is 10.00 Å². The van der Waals surface area contributed by atoms with E-state index < -0.39 is 0 Å². The molecule has 1 aromatic carbocycles. The number of benzene rings is 1. The second kappa shape index (κ2) is 8.39. The molecule has 1 aromatic heterocycles. The summed E-state index contributed by atoms with van der Waals surface area (Å²) in [6, 6.07) is 7.48. The topological polar surface area (TPSA) is 39.5 Å². The fourth-order valence-electron chi connectivity index (χ4n) is 3.80. The number of hydrogen-bond donors (Lipinski definition) is 0. The van der Waals surface area contributed by atoms with Crippen molar-refractivity contribution in [2.24, 2.45) is 11.8 Å². The zero-order chi connectivity index (χ0) is 18.8. The molecule has 2 heterocycles.